The van der Waals surface area contributed by atoms with Gasteiger partial charge in [0.15, 0.2) is 11.5 Å². The molecule has 2 aliphatic heterocycles. The second-order valence-corrected chi connectivity index (χ2v) is 11.1. The number of fused-ring (bicyclic) bond motifs is 3. The Morgan fingerprint density at radius 1 is 1.24 bits per heavy atom. The topological polar surface area (TPSA) is 68.2 Å². The van der Waals surface area contributed by atoms with Crippen molar-refractivity contribution in [3.63, 3.8) is 0 Å². The first-order valence-electron chi connectivity index (χ1n) is 12.9. The van der Waals surface area contributed by atoms with Crippen molar-refractivity contribution in [3.8, 4) is 11.5 Å². The highest BCUT2D eigenvalue weighted by atomic mass is 16.6. The summed E-state index contributed by atoms with van der Waals surface area (Å²) < 4.78 is 17.1. The molecule has 4 aliphatic rings. The molecule has 3 unspecified atom stereocenters. The Balaban J connectivity index is 1.39. The number of rotatable bonds is 6. The van der Waals surface area contributed by atoms with Crippen LogP contribution >= 0.6 is 0 Å². The number of hydrogen-bond donors (Lipinski definition) is 1. The average Bonchev–Trinajstić information content (AvgIpc) is 3.11. The van der Waals surface area contributed by atoms with Crippen molar-refractivity contribution in [2.45, 2.75) is 64.0 Å². The predicted octanol–water partition coefficient (Wildman–Crippen LogP) is 4.30. The second kappa shape index (κ2) is 9.19. The van der Waals surface area contributed by atoms with E-state index in [1.54, 1.807) is 14.2 Å². The highest BCUT2D eigenvalue weighted by Crippen LogP contribution is 2.57. The van der Waals surface area contributed by atoms with E-state index in [-0.39, 0.29) is 42.0 Å². The summed E-state index contributed by atoms with van der Waals surface area (Å²) in [5.41, 5.74) is 3.98. The summed E-state index contributed by atoms with van der Waals surface area (Å²) in [7, 11) is 3.30. The molecular formula is C28H39NO5. The van der Waals surface area contributed by atoms with Gasteiger partial charge < -0.3 is 19.3 Å². The fraction of sp³-hybridized carbons (Fsp3) is 0.679. The Kier molecular flexibility index (Phi) is 6.40. The Bertz CT molecular complexity index is 960. The minimum absolute atomic E-state index is 0.0300. The molecule has 1 N–H and O–H groups in total. The molecule has 2 saturated carbocycles. The molecule has 5 rings (SSSR count). The molecule has 6 nitrogen and oxygen atoms in total. The fourth-order valence-electron chi connectivity index (χ4n) is 7.48. The Labute approximate surface area is 203 Å². The first-order valence-corrected chi connectivity index (χ1v) is 12.9. The lowest BCUT2D eigenvalue weighted by Gasteiger charge is -2.50. The molecule has 186 valence electrons. The van der Waals surface area contributed by atoms with Crippen molar-refractivity contribution in [1.29, 1.82) is 0 Å². The summed E-state index contributed by atoms with van der Waals surface area (Å²) in [5, 5.41) is 9.89. The molecule has 0 spiro atoms. The molecule has 0 bridgehead atoms. The highest BCUT2D eigenvalue weighted by molar-refractivity contribution is 5.75. The van der Waals surface area contributed by atoms with Gasteiger partial charge in [0.1, 0.15) is 6.10 Å². The normalized spacial score (nSPS) is 35.2. The number of carbonyl (C=O) groups is 1. The molecule has 1 aromatic carbocycles. The van der Waals surface area contributed by atoms with Crippen molar-refractivity contribution in [2.75, 3.05) is 33.9 Å². The quantitative estimate of drug-likeness (QED) is 0.495. The predicted molar refractivity (Wildman–Crippen MR) is 130 cm³/mol. The van der Waals surface area contributed by atoms with Crippen LogP contribution < -0.4 is 9.47 Å². The maximum absolute atomic E-state index is 13.1. The highest BCUT2D eigenvalue weighted by Gasteiger charge is 2.55. The number of aliphatic hydroxyl groups is 1. The van der Waals surface area contributed by atoms with E-state index >= 15 is 0 Å². The monoisotopic (exact) mass is 469 g/mol. The third-order valence-corrected chi connectivity index (χ3v) is 9.27. The first kappa shape index (κ1) is 23.7. The van der Waals surface area contributed by atoms with Gasteiger partial charge in [-0.25, -0.2) is 0 Å². The molecule has 2 aliphatic carbocycles. The Hall–Kier alpha value is -2.05. The minimum atomic E-state index is -0.118. The zero-order valence-corrected chi connectivity index (χ0v) is 20.8. The van der Waals surface area contributed by atoms with Gasteiger partial charge in [0.05, 0.1) is 20.1 Å². The van der Waals surface area contributed by atoms with E-state index in [4.69, 9.17) is 14.2 Å². The lowest BCUT2D eigenvalue weighted by Crippen LogP contribution is -2.46. The molecular weight excluding hydrogens is 430 g/mol. The van der Waals surface area contributed by atoms with Gasteiger partial charge in [0.2, 0.25) is 0 Å². The van der Waals surface area contributed by atoms with Gasteiger partial charge >= 0.3 is 5.97 Å². The van der Waals surface area contributed by atoms with Gasteiger partial charge in [0, 0.05) is 31.7 Å². The number of nitrogens with zero attached hydrogens (tertiary/aromatic N) is 1. The van der Waals surface area contributed by atoms with Crippen molar-refractivity contribution in [3.05, 3.63) is 35.4 Å². The third-order valence-electron chi connectivity index (χ3n) is 9.27. The van der Waals surface area contributed by atoms with Crippen LogP contribution in [0.5, 0.6) is 11.5 Å². The minimum Gasteiger partial charge on any atom is -0.493 e. The summed E-state index contributed by atoms with van der Waals surface area (Å²) in [6, 6.07) is 4.15. The fourth-order valence-corrected chi connectivity index (χ4v) is 7.48. The summed E-state index contributed by atoms with van der Waals surface area (Å²) in [6.45, 7) is 8.42. The SMILES string of the molecule is C=C1CCC[C@]2(C)C[C@H]3OC(=O)C(CN4CCc5cc(OC)c(OC)cc5C4CCO)[C@H]3CC12. The smallest absolute Gasteiger partial charge is 0.310 e. The third kappa shape index (κ3) is 3.93. The zero-order chi connectivity index (χ0) is 24.0. The van der Waals surface area contributed by atoms with Crippen molar-refractivity contribution < 1.29 is 24.1 Å². The number of methoxy groups -OCH3 is 2. The average molecular weight is 470 g/mol. The number of benzene rings is 1. The Morgan fingerprint density at radius 3 is 2.74 bits per heavy atom. The summed E-state index contributed by atoms with van der Waals surface area (Å²) in [4.78, 5) is 15.5. The van der Waals surface area contributed by atoms with Crippen LogP contribution in [0.15, 0.2) is 24.3 Å². The molecule has 2 heterocycles. The van der Waals surface area contributed by atoms with E-state index in [1.807, 2.05) is 0 Å². The van der Waals surface area contributed by atoms with Crippen LogP contribution in [0.2, 0.25) is 0 Å². The van der Waals surface area contributed by atoms with Crippen LogP contribution in [0.3, 0.4) is 0 Å². The number of ether oxygens (including phenoxy) is 3. The molecule has 34 heavy (non-hydrogen) atoms. The maximum atomic E-state index is 13.1. The largest absolute Gasteiger partial charge is 0.493 e. The van der Waals surface area contributed by atoms with Gasteiger partial charge in [-0.3, -0.25) is 9.69 Å². The maximum Gasteiger partial charge on any atom is 0.310 e. The van der Waals surface area contributed by atoms with Crippen LogP contribution in [0.25, 0.3) is 0 Å². The van der Waals surface area contributed by atoms with Crippen LogP contribution in [0, 0.1) is 23.2 Å². The van der Waals surface area contributed by atoms with E-state index in [0.717, 1.165) is 43.5 Å². The molecule has 0 amide bonds. The van der Waals surface area contributed by atoms with E-state index < -0.39 is 0 Å². The number of allylic oxidation sites excluding steroid dienone is 1. The second-order valence-electron chi connectivity index (χ2n) is 11.1. The molecule has 0 radical (unpaired) electrons. The van der Waals surface area contributed by atoms with Crippen molar-refractivity contribution >= 4 is 5.97 Å². The van der Waals surface area contributed by atoms with Crippen molar-refractivity contribution in [1.82, 2.24) is 4.90 Å². The van der Waals surface area contributed by atoms with E-state index in [1.165, 1.54) is 24.0 Å². The van der Waals surface area contributed by atoms with Gasteiger partial charge in [-0.05, 0) is 79.5 Å². The summed E-state index contributed by atoms with van der Waals surface area (Å²) >= 11 is 0. The van der Waals surface area contributed by atoms with E-state index in [9.17, 15) is 9.90 Å². The molecule has 0 aromatic heterocycles. The number of hydrogen-bond acceptors (Lipinski definition) is 6. The molecule has 6 atom stereocenters. The zero-order valence-electron chi connectivity index (χ0n) is 20.8. The Morgan fingerprint density at radius 2 is 2.00 bits per heavy atom. The van der Waals surface area contributed by atoms with Crippen LogP contribution in [0.4, 0.5) is 0 Å². The van der Waals surface area contributed by atoms with E-state index in [2.05, 4.69) is 30.5 Å². The molecule has 1 aromatic rings. The lowest BCUT2D eigenvalue weighted by molar-refractivity contribution is -0.146. The number of aliphatic hydroxyl groups excluding tert-OH is 1. The van der Waals surface area contributed by atoms with Crippen LogP contribution in [-0.2, 0) is 16.0 Å². The van der Waals surface area contributed by atoms with E-state index in [0.29, 0.717) is 24.6 Å². The van der Waals surface area contributed by atoms with Gasteiger partial charge in [-0.2, -0.15) is 0 Å². The van der Waals surface area contributed by atoms with Gasteiger partial charge in [-0.1, -0.05) is 19.1 Å². The van der Waals surface area contributed by atoms with Crippen molar-refractivity contribution in [2.24, 2.45) is 23.2 Å². The number of carbonyl (C=O) groups excluding carboxylic acids is 1. The first-order chi connectivity index (χ1) is 16.4. The van der Waals surface area contributed by atoms with Gasteiger partial charge in [-0.15, -0.1) is 0 Å². The van der Waals surface area contributed by atoms with Crippen LogP contribution in [-0.4, -0.2) is 56.0 Å². The van der Waals surface area contributed by atoms with Gasteiger partial charge in [0.25, 0.3) is 0 Å². The molecule has 6 heteroatoms. The molecule has 3 fully saturated rings. The number of esters is 1. The summed E-state index contributed by atoms with van der Waals surface area (Å²) in [6.07, 6.45) is 7.02. The molecule has 1 saturated heterocycles. The lowest BCUT2D eigenvalue weighted by atomic mass is 9.55. The standard InChI is InChI=1S/C28H39NO5/c1-17-6-5-9-28(2)15-26-20(13-22(17)28)21(27(31)34-26)16-29-10-7-18-12-24(32-3)25(33-4)14-19(18)23(29)8-11-30/h12,14,20-23,26,30H,1,5-11,13,15-16H2,2-4H3/t20-,21?,22?,23?,26-,28-/m1/s1. The van der Waals surface area contributed by atoms with Crippen LogP contribution in [0.1, 0.15) is 62.6 Å². The summed E-state index contributed by atoms with van der Waals surface area (Å²) in [5.74, 6) is 2.02.